The summed E-state index contributed by atoms with van der Waals surface area (Å²) in [5.41, 5.74) is 0. The minimum atomic E-state index is -0.311. The highest BCUT2D eigenvalue weighted by atomic mass is 35.5. The molecule has 3 rings (SSSR count). The maximum absolute atomic E-state index is 11.2. The highest BCUT2D eigenvalue weighted by molar-refractivity contribution is 7.99. The van der Waals surface area contributed by atoms with Crippen LogP contribution in [-0.2, 0) is 16.6 Å². The number of thioether (sulfide) groups is 1. The molecule has 0 aliphatic carbocycles. The number of carbonyl (C=O) groups is 1. The number of ether oxygens (including phenoxy) is 1. The molecule has 3 aromatic rings. The smallest absolute Gasteiger partial charge is 0.316 e. The average Bonchev–Trinajstić information content (AvgIpc) is 3.05. The fraction of sp³-hybridized carbons (Fsp3) is 0.214. The Morgan fingerprint density at radius 3 is 2.91 bits per heavy atom. The summed E-state index contributed by atoms with van der Waals surface area (Å²) in [5, 5.41) is 11.2. The molecule has 0 saturated heterocycles. The Hall–Kier alpha value is -1.28. The van der Waals surface area contributed by atoms with Gasteiger partial charge in [0, 0.05) is 22.2 Å². The third-order valence-corrected chi connectivity index (χ3v) is 6.06. The standard InChI is InChI=1S/C14H11Cl2N3O2S2/c1-19-13(17-18-14(19)22-6-10(20)21-2)12-11(16)8-4-3-7(15)5-9(8)23-12/h3-5H,6H2,1-2H3. The predicted molar refractivity (Wildman–Crippen MR) is 94.6 cm³/mol. The number of carbonyl (C=O) groups excluding carboxylic acids is 1. The van der Waals surface area contributed by atoms with E-state index in [9.17, 15) is 4.79 Å². The summed E-state index contributed by atoms with van der Waals surface area (Å²) in [6.45, 7) is 0. The van der Waals surface area contributed by atoms with Gasteiger partial charge < -0.3 is 9.30 Å². The molecule has 0 fully saturated rings. The second kappa shape index (κ2) is 6.68. The first-order chi connectivity index (χ1) is 11.0. The third kappa shape index (κ3) is 3.19. The van der Waals surface area contributed by atoms with Crippen LogP contribution in [-0.4, -0.2) is 33.6 Å². The zero-order chi connectivity index (χ0) is 16.6. The molecule has 0 N–H and O–H groups in total. The van der Waals surface area contributed by atoms with Crippen molar-refractivity contribution in [1.29, 1.82) is 0 Å². The summed E-state index contributed by atoms with van der Waals surface area (Å²) in [7, 11) is 3.19. The minimum Gasteiger partial charge on any atom is -0.468 e. The van der Waals surface area contributed by atoms with E-state index in [1.54, 1.807) is 6.07 Å². The summed E-state index contributed by atoms with van der Waals surface area (Å²) in [4.78, 5) is 12.1. The van der Waals surface area contributed by atoms with Crippen molar-refractivity contribution in [1.82, 2.24) is 14.8 Å². The topological polar surface area (TPSA) is 57.0 Å². The first-order valence-electron chi connectivity index (χ1n) is 6.48. The Kier molecular flexibility index (Phi) is 4.82. The van der Waals surface area contributed by atoms with E-state index in [2.05, 4.69) is 14.9 Å². The zero-order valence-corrected chi connectivity index (χ0v) is 15.3. The number of thiophene rings is 1. The molecule has 0 bridgehead atoms. The molecule has 2 aromatic heterocycles. The molecule has 0 radical (unpaired) electrons. The van der Waals surface area contributed by atoms with Crippen molar-refractivity contribution in [3.05, 3.63) is 28.2 Å². The Labute approximate surface area is 150 Å². The number of methoxy groups -OCH3 is 1. The van der Waals surface area contributed by atoms with Gasteiger partial charge in [-0.1, -0.05) is 41.0 Å². The van der Waals surface area contributed by atoms with E-state index in [1.807, 2.05) is 23.7 Å². The van der Waals surface area contributed by atoms with E-state index in [0.29, 0.717) is 21.0 Å². The molecule has 0 spiro atoms. The second-order valence-electron chi connectivity index (χ2n) is 4.62. The summed E-state index contributed by atoms with van der Waals surface area (Å²) in [5.74, 6) is 0.520. The van der Waals surface area contributed by atoms with Gasteiger partial charge >= 0.3 is 5.97 Å². The SMILES string of the molecule is COC(=O)CSc1nnc(-c2sc3cc(Cl)ccc3c2Cl)n1C. The van der Waals surface area contributed by atoms with E-state index in [1.165, 1.54) is 30.2 Å². The number of aromatic nitrogens is 3. The average molecular weight is 388 g/mol. The largest absolute Gasteiger partial charge is 0.468 e. The fourth-order valence-electron chi connectivity index (χ4n) is 2.00. The first-order valence-corrected chi connectivity index (χ1v) is 9.04. The fourth-order valence-corrected chi connectivity index (χ4v) is 4.56. The number of hydrogen-bond donors (Lipinski definition) is 0. The van der Waals surface area contributed by atoms with Gasteiger partial charge in [-0.15, -0.1) is 21.5 Å². The quantitative estimate of drug-likeness (QED) is 0.494. The van der Waals surface area contributed by atoms with E-state index in [-0.39, 0.29) is 11.7 Å². The van der Waals surface area contributed by atoms with Crippen LogP contribution in [0.1, 0.15) is 0 Å². The Morgan fingerprint density at radius 1 is 1.39 bits per heavy atom. The van der Waals surface area contributed by atoms with Gasteiger partial charge in [-0.05, 0) is 12.1 Å². The molecule has 1 aromatic carbocycles. The maximum Gasteiger partial charge on any atom is 0.316 e. The molecule has 0 amide bonds. The van der Waals surface area contributed by atoms with Crippen molar-refractivity contribution in [3.63, 3.8) is 0 Å². The van der Waals surface area contributed by atoms with Gasteiger partial charge in [0.05, 0.1) is 22.8 Å². The number of halogens is 2. The Morgan fingerprint density at radius 2 is 2.17 bits per heavy atom. The number of esters is 1. The van der Waals surface area contributed by atoms with Crippen molar-refractivity contribution in [3.8, 4) is 10.7 Å². The number of rotatable bonds is 4. The van der Waals surface area contributed by atoms with E-state index < -0.39 is 0 Å². The van der Waals surface area contributed by atoms with Crippen molar-refractivity contribution < 1.29 is 9.53 Å². The molecule has 23 heavy (non-hydrogen) atoms. The number of nitrogens with zero attached hydrogens (tertiary/aromatic N) is 3. The molecule has 0 saturated carbocycles. The van der Waals surface area contributed by atoms with Crippen LogP contribution in [0.5, 0.6) is 0 Å². The molecular formula is C14H11Cl2N3O2S2. The number of hydrogen-bond acceptors (Lipinski definition) is 6. The van der Waals surface area contributed by atoms with Crippen LogP contribution in [0.3, 0.4) is 0 Å². The van der Waals surface area contributed by atoms with Gasteiger partial charge in [-0.2, -0.15) is 0 Å². The molecule has 0 unspecified atom stereocenters. The molecule has 2 heterocycles. The highest BCUT2D eigenvalue weighted by Gasteiger charge is 2.19. The van der Waals surface area contributed by atoms with Gasteiger partial charge in [0.1, 0.15) is 0 Å². The van der Waals surface area contributed by atoms with E-state index in [0.717, 1.165) is 15.0 Å². The van der Waals surface area contributed by atoms with Gasteiger partial charge in [0.25, 0.3) is 0 Å². The van der Waals surface area contributed by atoms with E-state index in [4.69, 9.17) is 23.2 Å². The van der Waals surface area contributed by atoms with Crippen LogP contribution in [0.25, 0.3) is 20.8 Å². The van der Waals surface area contributed by atoms with Gasteiger partial charge in [0.15, 0.2) is 11.0 Å². The van der Waals surface area contributed by atoms with Gasteiger partial charge in [-0.25, -0.2) is 0 Å². The van der Waals surface area contributed by atoms with Crippen molar-refractivity contribution in [2.45, 2.75) is 5.16 Å². The Bertz CT molecular complexity index is 892. The van der Waals surface area contributed by atoms with Crippen LogP contribution < -0.4 is 0 Å². The normalized spacial score (nSPS) is 11.1. The summed E-state index contributed by atoms with van der Waals surface area (Å²) < 4.78 is 7.43. The van der Waals surface area contributed by atoms with Gasteiger partial charge in [-0.3, -0.25) is 4.79 Å². The molecule has 0 aliphatic heterocycles. The molecular weight excluding hydrogens is 377 g/mol. The Balaban J connectivity index is 1.98. The lowest BCUT2D eigenvalue weighted by atomic mass is 10.2. The van der Waals surface area contributed by atoms with E-state index >= 15 is 0 Å². The predicted octanol–water partition coefficient (Wildman–Crippen LogP) is 4.27. The van der Waals surface area contributed by atoms with Crippen LogP contribution >= 0.6 is 46.3 Å². The van der Waals surface area contributed by atoms with Crippen molar-refractivity contribution >= 4 is 62.4 Å². The molecule has 0 atom stereocenters. The summed E-state index contributed by atoms with van der Waals surface area (Å²) in [6, 6.07) is 5.57. The van der Waals surface area contributed by atoms with Crippen molar-refractivity contribution in [2.75, 3.05) is 12.9 Å². The van der Waals surface area contributed by atoms with Crippen LogP contribution in [0.15, 0.2) is 23.4 Å². The molecule has 0 aliphatic rings. The molecule has 9 heteroatoms. The molecule has 5 nitrogen and oxygen atoms in total. The van der Waals surface area contributed by atoms with Crippen molar-refractivity contribution in [2.24, 2.45) is 7.05 Å². The third-order valence-electron chi connectivity index (χ3n) is 3.18. The lowest BCUT2D eigenvalue weighted by Gasteiger charge is -2.02. The highest BCUT2D eigenvalue weighted by Crippen LogP contribution is 2.42. The van der Waals surface area contributed by atoms with Gasteiger partial charge in [0.2, 0.25) is 0 Å². The lowest BCUT2D eigenvalue weighted by molar-refractivity contribution is -0.137. The maximum atomic E-state index is 11.2. The van der Waals surface area contributed by atoms with Crippen LogP contribution in [0, 0.1) is 0 Å². The molecule has 120 valence electrons. The second-order valence-corrected chi connectivity index (χ2v) is 7.42. The zero-order valence-electron chi connectivity index (χ0n) is 12.2. The summed E-state index contributed by atoms with van der Waals surface area (Å²) >= 11 is 15.3. The summed E-state index contributed by atoms with van der Waals surface area (Å²) in [6.07, 6.45) is 0. The monoisotopic (exact) mass is 387 g/mol. The number of fused-ring (bicyclic) bond motifs is 1. The van der Waals surface area contributed by atoms with Crippen LogP contribution in [0.4, 0.5) is 0 Å². The minimum absolute atomic E-state index is 0.179. The number of benzene rings is 1. The first kappa shape index (κ1) is 16.6. The van der Waals surface area contributed by atoms with Crippen LogP contribution in [0.2, 0.25) is 10.0 Å². The lowest BCUT2D eigenvalue weighted by Crippen LogP contribution is -2.04.